The van der Waals surface area contributed by atoms with E-state index in [0.29, 0.717) is 80.0 Å². The van der Waals surface area contributed by atoms with Gasteiger partial charge in [0, 0.05) is 24.0 Å². The molecule has 48 heavy (non-hydrogen) atoms. The molecular weight excluding hydrogens is 676 g/mol. The largest absolute Gasteiger partial charge is 3.00 e. The van der Waals surface area contributed by atoms with Crippen molar-refractivity contribution in [3.8, 4) is 0 Å². The first-order valence-electron chi connectivity index (χ1n) is 15.1. The summed E-state index contributed by atoms with van der Waals surface area (Å²) in [6.45, 7) is 10.5. The first kappa shape index (κ1) is 38.1. The number of ketones is 2. The second-order valence-corrected chi connectivity index (χ2v) is 11.6. The minimum absolute atomic E-state index is 0. The number of ether oxygens (including phenoxy) is 2. The van der Waals surface area contributed by atoms with Gasteiger partial charge in [-0.1, -0.05) is 41.0 Å². The van der Waals surface area contributed by atoms with Gasteiger partial charge in [-0.05, 0) is 71.1 Å². The molecule has 5 rings (SSSR count). The van der Waals surface area contributed by atoms with Crippen molar-refractivity contribution in [2.75, 3.05) is 14.2 Å². The van der Waals surface area contributed by atoms with Crippen LogP contribution in [-0.2, 0) is 47.3 Å². The fourth-order valence-electron chi connectivity index (χ4n) is 6.14. The van der Waals surface area contributed by atoms with Crippen LogP contribution in [0.25, 0.3) is 44.4 Å². The van der Waals surface area contributed by atoms with Crippen molar-refractivity contribution in [2.24, 2.45) is 0 Å². The number of halogens is 1. The standard InChI is InChI=1S/C36H37N4O6.ClH.Fe/c1-17-23(9-11-33(43)45-7)29-16-30-24(10-12-34(44)46-8)18(2)26(38-30)14-31-36(22(6)42)20(4)28(40-31)15-32-35(21(5)41)19(3)27(39-32)13-25(17)37-29;;/h13-16H,9-12H2,1-8H3,(H-,37,38,39,40,41,42);1H;/q-1;;+3/p-2. The third kappa shape index (κ3) is 7.23. The molecule has 0 unspecified atom stereocenters. The molecule has 0 atom stereocenters. The Bertz CT molecular complexity index is 2070. The van der Waals surface area contributed by atoms with Gasteiger partial charge in [-0.3, -0.25) is 19.2 Å². The number of esters is 2. The van der Waals surface area contributed by atoms with Crippen molar-refractivity contribution >= 4 is 67.9 Å². The zero-order chi connectivity index (χ0) is 33.4. The van der Waals surface area contributed by atoms with E-state index >= 15 is 0 Å². The smallest absolute Gasteiger partial charge is 1.00 e. The summed E-state index contributed by atoms with van der Waals surface area (Å²) >= 11 is 0. The van der Waals surface area contributed by atoms with Gasteiger partial charge in [0.25, 0.3) is 0 Å². The molecule has 8 bridgehead atoms. The molecule has 0 spiro atoms. The van der Waals surface area contributed by atoms with E-state index in [2.05, 4.69) is 0 Å². The summed E-state index contributed by atoms with van der Waals surface area (Å²) in [6, 6.07) is 7.24. The number of hydrogen-bond donors (Lipinski definition) is 0. The number of methoxy groups -OCH3 is 2. The fourth-order valence-corrected chi connectivity index (χ4v) is 6.14. The van der Waals surface area contributed by atoms with Crippen LogP contribution in [0.2, 0.25) is 0 Å². The topological polar surface area (TPSA) is 141 Å². The zero-order valence-corrected chi connectivity index (χ0v) is 30.0. The van der Waals surface area contributed by atoms with E-state index in [4.69, 9.17) is 29.4 Å². The number of Topliss-reactive ketones (excluding diaryl/α,β-unsaturated/α-hetero) is 2. The van der Waals surface area contributed by atoms with E-state index in [1.807, 2.05) is 39.8 Å². The predicted molar refractivity (Wildman–Crippen MR) is 176 cm³/mol. The van der Waals surface area contributed by atoms with Gasteiger partial charge in [0.2, 0.25) is 0 Å². The van der Waals surface area contributed by atoms with E-state index in [1.54, 1.807) is 12.1 Å². The summed E-state index contributed by atoms with van der Waals surface area (Å²) in [6.07, 6.45) is 1.07. The van der Waals surface area contributed by atoms with Crippen molar-refractivity contribution in [3.05, 3.63) is 69.3 Å². The van der Waals surface area contributed by atoms with Gasteiger partial charge in [-0.15, -0.1) is 22.1 Å². The number of fused-ring (bicyclic) bond motifs is 8. The Labute approximate surface area is 295 Å². The Morgan fingerprint density at radius 3 is 1.75 bits per heavy atom. The average Bonchev–Trinajstić information content (AvgIpc) is 3.67. The van der Waals surface area contributed by atoms with Crippen LogP contribution in [0.4, 0.5) is 0 Å². The summed E-state index contributed by atoms with van der Waals surface area (Å²) in [5.41, 5.74) is 10.2. The Hall–Kier alpha value is -4.31. The maximum atomic E-state index is 12.9. The van der Waals surface area contributed by atoms with Crippen molar-refractivity contribution < 1.29 is 58.1 Å². The summed E-state index contributed by atoms with van der Waals surface area (Å²) in [7, 11) is 2.71. The maximum Gasteiger partial charge on any atom is 3.00 e. The molecule has 3 aromatic rings. The minimum atomic E-state index is -0.345. The quantitative estimate of drug-likeness (QED) is 0.195. The molecule has 0 saturated carbocycles. The van der Waals surface area contributed by atoms with Crippen molar-refractivity contribution in [1.29, 1.82) is 0 Å². The number of hydrogen-bond acceptors (Lipinski definition) is 8. The van der Waals surface area contributed by atoms with Gasteiger partial charge >= 0.3 is 29.0 Å². The molecule has 2 aliphatic heterocycles. The van der Waals surface area contributed by atoms with Gasteiger partial charge < -0.3 is 31.8 Å². The van der Waals surface area contributed by atoms with Crippen molar-refractivity contribution in [2.45, 2.75) is 67.2 Å². The van der Waals surface area contributed by atoms with Gasteiger partial charge in [0.05, 0.1) is 37.0 Å². The van der Waals surface area contributed by atoms with Crippen LogP contribution in [0, 0.1) is 13.8 Å². The zero-order valence-electron chi connectivity index (χ0n) is 28.1. The number of aromatic nitrogens is 4. The van der Waals surface area contributed by atoms with E-state index < -0.39 is 0 Å². The fraction of sp³-hybridized carbons (Fsp3) is 0.333. The Balaban J connectivity index is 0.00000312. The van der Waals surface area contributed by atoms with Crippen molar-refractivity contribution in [3.63, 3.8) is 0 Å². The van der Waals surface area contributed by atoms with E-state index in [0.717, 1.165) is 22.3 Å². The molecule has 0 aromatic carbocycles. The molecule has 0 saturated heterocycles. The van der Waals surface area contributed by atoms with Crippen LogP contribution < -0.4 is 22.4 Å². The third-order valence-corrected chi connectivity index (χ3v) is 8.70. The molecule has 5 heterocycles. The van der Waals surface area contributed by atoms with E-state index in [-0.39, 0.29) is 65.8 Å². The summed E-state index contributed by atoms with van der Waals surface area (Å²) < 4.78 is 9.82. The normalized spacial score (nSPS) is 12.3. The molecular formula is C36H36ClFeN4O6. The number of carbonyl (C=O) groups is 4. The summed E-state index contributed by atoms with van der Waals surface area (Å²) in [5, 5.41) is 0. The molecule has 12 heteroatoms. The number of allylic oxidation sites excluding steroid dienone is 4. The minimum Gasteiger partial charge on any atom is -1.00 e. The van der Waals surface area contributed by atoms with E-state index in [9.17, 15) is 19.2 Å². The first-order chi connectivity index (χ1) is 21.8. The summed E-state index contributed by atoms with van der Waals surface area (Å²) in [4.78, 5) is 69.7. The monoisotopic (exact) mass is 711 g/mol. The molecule has 0 aliphatic carbocycles. The molecule has 0 N–H and O–H groups in total. The van der Waals surface area contributed by atoms with Crippen molar-refractivity contribution in [1.82, 2.24) is 19.9 Å². The molecule has 3 aromatic heterocycles. The van der Waals surface area contributed by atoms with Gasteiger partial charge in [-0.2, -0.15) is 0 Å². The van der Waals surface area contributed by atoms with Crippen LogP contribution in [0.3, 0.4) is 0 Å². The Morgan fingerprint density at radius 2 is 1.15 bits per heavy atom. The first-order valence-corrected chi connectivity index (χ1v) is 15.1. The van der Waals surface area contributed by atoms with Gasteiger partial charge in [0.15, 0.2) is 11.6 Å². The van der Waals surface area contributed by atoms with Crippen LogP contribution >= 0.6 is 0 Å². The molecule has 251 valence electrons. The number of nitrogens with zero attached hydrogens (tertiary/aromatic N) is 4. The molecule has 0 fully saturated rings. The average molecular weight is 712 g/mol. The second-order valence-electron chi connectivity index (χ2n) is 11.6. The maximum absolute atomic E-state index is 12.9. The molecule has 1 radical (unpaired) electrons. The van der Waals surface area contributed by atoms with Gasteiger partial charge in [-0.25, -0.2) is 9.97 Å². The predicted octanol–water partition coefficient (Wildman–Crippen LogP) is 2.90. The van der Waals surface area contributed by atoms with Crippen LogP contribution in [-0.4, -0.2) is 47.7 Å². The molecule has 10 nitrogen and oxygen atoms in total. The van der Waals surface area contributed by atoms with Crippen LogP contribution in [0.5, 0.6) is 0 Å². The SMILES string of the molecule is COC(=O)CCC1=C(C)c2cc3[n-]c(cc4nc(cc5[n-]c(cc1n2)c(CCC(=O)OC)c5C)C(C(C)=O)=C4C)c(C(C)=O)c3C.[Cl-].[Fe+3]. The Kier molecular flexibility index (Phi) is 12.1. The van der Waals surface area contributed by atoms with Gasteiger partial charge in [0.1, 0.15) is 0 Å². The molecule has 2 aliphatic rings. The third-order valence-electron chi connectivity index (χ3n) is 8.70. The van der Waals surface area contributed by atoms with E-state index in [1.165, 1.54) is 28.1 Å². The van der Waals surface area contributed by atoms with Crippen LogP contribution in [0.15, 0.2) is 24.3 Å². The summed E-state index contributed by atoms with van der Waals surface area (Å²) in [5.74, 6) is -0.976. The Morgan fingerprint density at radius 1 is 0.646 bits per heavy atom. The second kappa shape index (κ2) is 15.3. The molecule has 0 amide bonds. The number of carbonyl (C=O) groups excluding carboxylic acids is 4. The number of aryl methyl sites for hydroxylation is 3. The number of rotatable bonds is 8. The van der Waals surface area contributed by atoms with Crippen LogP contribution in [0.1, 0.15) is 96.8 Å².